The third-order valence-electron chi connectivity index (χ3n) is 2.73. The molecule has 1 aromatic carbocycles. The van der Waals surface area contributed by atoms with Crippen LogP contribution in [0.2, 0.25) is 4.34 Å². The molecule has 0 fully saturated rings. The summed E-state index contributed by atoms with van der Waals surface area (Å²) in [6, 6.07) is 8.83. The number of alkyl halides is 2. The van der Waals surface area contributed by atoms with Gasteiger partial charge in [0, 0.05) is 28.0 Å². The first-order valence-electron chi connectivity index (χ1n) is 6.23. The number of ether oxygens (including phenoxy) is 1. The Morgan fingerprint density at radius 3 is 2.76 bits per heavy atom. The van der Waals surface area contributed by atoms with Crippen LogP contribution in [0.15, 0.2) is 34.8 Å². The predicted molar refractivity (Wildman–Crippen MR) is 85.5 cm³/mol. The van der Waals surface area contributed by atoms with E-state index in [1.54, 1.807) is 23.5 Å². The van der Waals surface area contributed by atoms with Gasteiger partial charge in [-0.15, -0.1) is 11.3 Å². The zero-order chi connectivity index (χ0) is 15.2. The molecule has 114 valence electrons. The van der Waals surface area contributed by atoms with Crippen molar-refractivity contribution >= 4 is 38.9 Å². The normalized spacial score (nSPS) is 11.1. The molecule has 0 aliphatic heterocycles. The van der Waals surface area contributed by atoms with Crippen molar-refractivity contribution in [1.82, 2.24) is 5.32 Å². The second-order valence-electron chi connectivity index (χ2n) is 4.26. The molecule has 2 nitrogen and oxygen atoms in total. The van der Waals surface area contributed by atoms with Gasteiger partial charge >= 0.3 is 6.61 Å². The lowest BCUT2D eigenvalue weighted by atomic mass is 10.2. The van der Waals surface area contributed by atoms with E-state index in [0.717, 1.165) is 21.8 Å². The van der Waals surface area contributed by atoms with Gasteiger partial charge in [0.15, 0.2) is 0 Å². The molecule has 0 saturated heterocycles. The summed E-state index contributed by atoms with van der Waals surface area (Å²) in [5.74, 6) is 0.194. The Morgan fingerprint density at radius 1 is 1.29 bits per heavy atom. The van der Waals surface area contributed by atoms with E-state index in [1.165, 1.54) is 10.9 Å². The van der Waals surface area contributed by atoms with E-state index in [-0.39, 0.29) is 5.75 Å². The van der Waals surface area contributed by atoms with Crippen molar-refractivity contribution < 1.29 is 13.5 Å². The number of thiophene rings is 1. The number of hydrogen-bond acceptors (Lipinski definition) is 3. The van der Waals surface area contributed by atoms with Gasteiger partial charge < -0.3 is 10.1 Å². The quantitative estimate of drug-likeness (QED) is 0.658. The second-order valence-corrected chi connectivity index (χ2v) is 6.98. The van der Waals surface area contributed by atoms with E-state index >= 15 is 0 Å². The fraction of sp³-hybridized carbons (Fsp3) is 0.286. The Bertz CT molecular complexity index is 594. The third kappa shape index (κ3) is 5.54. The van der Waals surface area contributed by atoms with Crippen LogP contribution >= 0.6 is 38.9 Å². The summed E-state index contributed by atoms with van der Waals surface area (Å²) >= 11 is 10.7. The lowest BCUT2D eigenvalue weighted by Gasteiger charge is -2.12. The highest BCUT2D eigenvalue weighted by Gasteiger charge is 2.10. The Hall–Kier alpha value is -0.690. The summed E-state index contributed by atoms with van der Waals surface area (Å²) < 4.78 is 30.8. The maximum absolute atomic E-state index is 12.3. The Labute approximate surface area is 139 Å². The molecule has 21 heavy (non-hydrogen) atoms. The highest BCUT2D eigenvalue weighted by Crippen LogP contribution is 2.25. The molecule has 0 unspecified atom stereocenters. The summed E-state index contributed by atoms with van der Waals surface area (Å²) in [5.41, 5.74) is 0.689. The van der Waals surface area contributed by atoms with Crippen molar-refractivity contribution in [3.05, 3.63) is 49.6 Å². The first kappa shape index (κ1) is 16.7. The minimum atomic E-state index is -2.82. The van der Waals surface area contributed by atoms with Crippen LogP contribution in [0.1, 0.15) is 10.4 Å². The monoisotopic (exact) mass is 395 g/mol. The van der Waals surface area contributed by atoms with Gasteiger partial charge in [-0.1, -0.05) is 27.5 Å². The van der Waals surface area contributed by atoms with Crippen molar-refractivity contribution in [1.29, 1.82) is 0 Å². The van der Waals surface area contributed by atoms with Crippen LogP contribution in [-0.2, 0) is 13.0 Å². The van der Waals surface area contributed by atoms with E-state index in [9.17, 15) is 8.78 Å². The fourth-order valence-corrected chi connectivity index (χ4v) is 3.31. The highest BCUT2D eigenvalue weighted by atomic mass is 79.9. The SMILES string of the molecule is FC(F)Oc1ccc(Br)cc1CNCCc1ccc(Cl)s1. The van der Waals surface area contributed by atoms with Crippen molar-refractivity contribution in [3.63, 3.8) is 0 Å². The first-order chi connectivity index (χ1) is 10.0. The summed E-state index contributed by atoms with van der Waals surface area (Å²) in [4.78, 5) is 1.19. The highest BCUT2D eigenvalue weighted by molar-refractivity contribution is 9.10. The third-order valence-corrected chi connectivity index (χ3v) is 4.52. The van der Waals surface area contributed by atoms with Crippen molar-refractivity contribution in [2.75, 3.05) is 6.54 Å². The average molecular weight is 397 g/mol. The van der Waals surface area contributed by atoms with E-state index in [1.807, 2.05) is 12.1 Å². The summed E-state index contributed by atoms with van der Waals surface area (Å²) in [7, 11) is 0. The van der Waals surface area contributed by atoms with Gasteiger partial charge in [0.1, 0.15) is 5.75 Å². The van der Waals surface area contributed by atoms with Crippen molar-refractivity contribution in [2.24, 2.45) is 0 Å². The Balaban J connectivity index is 1.88. The minimum Gasteiger partial charge on any atom is -0.434 e. The van der Waals surface area contributed by atoms with E-state index in [0.29, 0.717) is 12.1 Å². The Morgan fingerprint density at radius 2 is 2.10 bits per heavy atom. The molecule has 1 heterocycles. The van der Waals surface area contributed by atoms with Crippen molar-refractivity contribution in [2.45, 2.75) is 19.6 Å². The number of halogens is 4. The van der Waals surface area contributed by atoms with Crippen LogP contribution in [0.4, 0.5) is 8.78 Å². The molecule has 2 rings (SSSR count). The molecule has 0 radical (unpaired) electrons. The van der Waals surface area contributed by atoms with Crippen LogP contribution in [0.25, 0.3) is 0 Å². The lowest BCUT2D eigenvalue weighted by molar-refractivity contribution is -0.0505. The molecule has 0 bridgehead atoms. The summed E-state index contributed by atoms with van der Waals surface area (Å²) in [5, 5.41) is 3.22. The lowest BCUT2D eigenvalue weighted by Crippen LogP contribution is -2.17. The molecule has 1 aromatic heterocycles. The average Bonchev–Trinajstić information content (AvgIpc) is 2.83. The zero-order valence-corrected chi connectivity index (χ0v) is 14.1. The van der Waals surface area contributed by atoms with Gasteiger partial charge in [0.05, 0.1) is 4.34 Å². The van der Waals surface area contributed by atoms with Gasteiger partial charge in [0.2, 0.25) is 0 Å². The Kier molecular flexibility index (Phi) is 6.41. The number of hydrogen-bond donors (Lipinski definition) is 1. The standard InChI is InChI=1S/C14H13BrClF2NOS/c15-10-1-3-12(20-14(17)18)9(7-10)8-19-6-5-11-2-4-13(16)21-11/h1-4,7,14,19H,5-6,8H2. The molecule has 0 aliphatic carbocycles. The van der Waals surface area contributed by atoms with Crippen LogP contribution in [-0.4, -0.2) is 13.2 Å². The van der Waals surface area contributed by atoms with Gasteiger partial charge in [-0.2, -0.15) is 8.78 Å². The first-order valence-corrected chi connectivity index (χ1v) is 8.21. The molecule has 0 aliphatic rings. The van der Waals surface area contributed by atoms with Gasteiger partial charge in [0.25, 0.3) is 0 Å². The topological polar surface area (TPSA) is 21.3 Å². The molecule has 0 amide bonds. The molecule has 7 heteroatoms. The maximum atomic E-state index is 12.3. The fourth-order valence-electron chi connectivity index (χ4n) is 1.82. The van der Waals surface area contributed by atoms with Crippen LogP contribution < -0.4 is 10.1 Å². The number of rotatable bonds is 7. The number of nitrogens with one attached hydrogen (secondary N) is 1. The molecule has 2 aromatic rings. The van der Waals surface area contributed by atoms with Crippen LogP contribution in [0.3, 0.4) is 0 Å². The van der Waals surface area contributed by atoms with Gasteiger partial charge in [-0.05, 0) is 36.8 Å². The molecule has 0 spiro atoms. The molecular weight excluding hydrogens is 384 g/mol. The van der Waals surface area contributed by atoms with Crippen LogP contribution in [0, 0.1) is 0 Å². The molecule has 0 atom stereocenters. The maximum Gasteiger partial charge on any atom is 0.387 e. The molecular formula is C14H13BrClF2NOS. The van der Waals surface area contributed by atoms with E-state index in [4.69, 9.17) is 11.6 Å². The smallest absolute Gasteiger partial charge is 0.387 e. The molecule has 0 saturated carbocycles. The zero-order valence-electron chi connectivity index (χ0n) is 10.9. The van der Waals surface area contributed by atoms with E-state index < -0.39 is 6.61 Å². The summed E-state index contributed by atoms with van der Waals surface area (Å²) in [6.07, 6.45) is 0.844. The second kappa shape index (κ2) is 8.08. The largest absolute Gasteiger partial charge is 0.434 e. The van der Waals surface area contributed by atoms with Crippen LogP contribution in [0.5, 0.6) is 5.75 Å². The van der Waals surface area contributed by atoms with Crippen molar-refractivity contribution in [3.8, 4) is 5.75 Å². The van der Waals surface area contributed by atoms with E-state index in [2.05, 4.69) is 26.0 Å². The minimum absolute atomic E-state index is 0.194. The summed E-state index contributed by atoms with van der Waals surface area (Å²) in [6.45, 7) is -1.63. The molecule has 1 N–H and O–H groups in total. The predicted octanol–water partition coefficient (Wildman–Crippen LogP) is 5.10. The van der Waals surface area contributed by atoms with Gasteiger partial charge in [-0.25, -0.2) is 0 Å². The van der Waals surface area contributed by atoms with Gasteiger partial charge in [-0.3, -0.25) is 0 Å². The number of benzene rings is 1.